The van der Waals surface area contributed by atoms with E-state index in [0.29, 0.717) is 12.1 Å². The summed E-state index contributed by atoms with van der Waals surface area (Å²) < 4.78 is 50.5. The molecule has 0 radical (unpaired) electrons. The summed E-state index contributed by atoms with van der Waals surface area (Å²) in [6, 6.07) is 4.10. The molecule has 1 aromatic carbocycles. The molecule has 1 rings (SSSR count). The van der Waals surface area contributed by atoms with Crippen LogP contribution in [0.5, 0.6) is 0 Å². The van der Waals surface area contributed by atoms with Crippen molar-refractivity contribution in [3.05, 3.63) is 39.1 Å². The zero-order valence-corrected chi connectivity index (χ0v) is 10.1. The smallest absolute Gasteiger partial charge is 0.206 e. The Bertz CT molecular complexity index is 575. The normalized spacial score (nSPS) is 10.4. The van der Waals surface area contributed by atoms with Gasteiger partial charge >= 0.3 is 6.18 Å². The molecule has 1 aromatic rings. The molecule has 0 fully saturated rings. The molecule has 0 spiro atoms. The number of alkyl halides is 3. The van der Waals surface area contributed by atoms with Crippen molar-refractivity contribution in [3.63, 3.8) is 0 Å². The molecule has 18 heavy (non-hydrogen) atoms. The fraction of sp³-hybridized carbons (Fsp3) is 0.0909. The first kappa shape index (κ1) is 14.2. The molecule has 0 saturated carbocycles. The van der Waals surface area contributed by atoms with E-state index in [4.69, 9.17) is 10.5 Å². The topological polar surface area (TPSA) is 47.6 Å². The summed E-state index contributed by atoms with van der Waals surface area (Å²) >= 11 is 2.63. The van der Waals surface area contributed by atoms with E-state index < -0.39 is 33.2 Å². The molecular weight excluding hydrogens is 316 g/mol. The van der Waals surface area contributed by atoms with Crippen molar-refractivity contribution in [2.24, 2.45) is 0 Å². The molecule has 0 aromatic heterocycles. The fourth-order valence-electron chi connectivity index (χ4n) is 1.15. The van der Waals surface area contributed by atoms with Crippen molar-refractivity contribution < 1.29 is 17.6 Å². The van der Waals surface area contributed by atoms with E-state index in [9.17, 15) is 17.6 Å². The van der Waals surface area contributed by atoms with Gasteiger partial charge in [-0.1, -0.05) is 0 Å². The van der Waals surface area contributed by atoms with Gasteiger partial charge in [0.1, 0.15) is 23.5 Å². The Morgan fingerprint density at radius 3 is 2.22 bits per heavy atom. The van der Waals surface area contributed by atoms with Crippen LogP contribution in [0.4, 0.5) is 17.6 Å². The summed E-state index contributed by atoms with van der Waals surface area (Å²) in [5, 5.41) is 17.0. The van der Waals surface area contributed by atoms with E-state index in [-0.39, 0.29) is 0 Å². The van der Waals surface area contributed by atoms with Crippen LogP contribution in [-0.2, 0) is 6.18 Å². The average molecular weight is 319 g/mol. The standard InChI is InChI=1S/C11H3BrF4N2/c12-10-7(3-6(4-17)5-18)9(13)2-1-8(10)11(14,15)16/h1-3H. The Hall–Kier alpha value is -1.86. The van der Waals surface area contributed by atoms with Crippen molar-refractivity contribution in [1.82, 2.24) is 0 Å². The number of hydrogen-bond donors (Lipinski definition) is 0. The van der Waals surface area contributed by atoms with Crippen LogP contribution in [0.3, 0.4) is 0 Å². The largest absolute Gasteiger partial charge is 0.417 e. The molecule has 2 nitrogen and oxygen atoms in total. The predicted molar refractivity (Wildman–Crippen MR) is 58.3 cm³/mol. The molecule has 0 aliphatic heterocycles. The Morgan fingerprint density at radius 1 is 1.22 bits per heavy atom. The zero-order valence-electron chi connectivity index (χ0n) is 8.52. The van der Waals surface area contributed by atoms with Gasteiger partial charge in [-0.3, -0.25) is 0 Å². The Morgan fingerprint density at radius 2 is 1.78 bits per heavy atom. The van der Waals surface area contributed by atoms with Gasteiger partial charge in [-0.05, 0) is 34.1 Å². The Balaban J connectivity index is 3.53. The summed E-state index contributed by atoms with van der Waals surface area (Å²) in [6.45, 7) is 0. The van der Waals surface area contributed by atoms with E-state index >= 15 is 0 Å². The third-order valence-corrected chi connectivity index (χ3v) is 2.82. The molecule has 0 saturated heterocycles. The lowest BCUT2D eigenvalue weighted by molar-refractivity contribution is -0.138. The number of benzene rings is 1. The lowest BCUT2D eigenvalue weighted by Crippen LogP contribution is -2.07. The van der Waals surface area contributed by atoms with Gasteiger partial charge in [0, 0.05) is 10.0 Å². The summed E-state index contributed by atoms with van der Waals surface area (Å²) in [4.78, 5) is 0. The quantitative estimate of drug-likeness (QED) is 0.579. The molecule has 0 heterocycles. The van der Waals surface area contributed by atoms with E-state index in [0.717, 1.165) is 6.08 Å². The summed E-state index contributed by atoms with van der Waals surface area (Å²) in [6.07, 6.45) is -3.90. The lowest BCUT2D eigenvalue weighted by atomic mass is 10.1. The minimum atomic E-state index is -4.66. The fourth-order valence-corrected chi connectivity index (χ4v) is 1.82. The number of nitrogens with zero attached hydrogens (tertiary/aromatic N) is 2. The maximum atomic E-state index is 13.4. The highest BCUT2D eigenvalue weighted by Gasteiger charge is 2.34. The van der Waals surface area contributed by atoms with Crippen LogP contribution in [0.25, 0.3) is 6.08 Å². The second-order valence-electron chi connectivity index (χ2n) is 3.10. The van der Waals surface area contributed by atoms with E-state index in [1.165, 1.54) is 12.1 Å². The molecule has 0 N–H and O–H groups in total. The molecule has 0 atom stereocenters. The van der Waals surface area contributed by atoms with Crippen LogP contribution in [0, 0.1) is 28.5 Å². The number of hydrogen-bond acceptors (Lipinski definition) is 2. The van der Waals surface area contributed by atoms with Crippen molar-refractivity contribution in [2.45, 2.75) is 6.18 Å². The molecule has 0 bridgehead atoms. The van der Waals surface area contributed by atoms with Gasteiger partial charge in [-0.15, -0.1) is 0 Å². The van der Waals surface area contributed by atoms with Crippen LogP contribution in [0.1, 0.15) is 11.1 Å². The Labute approximate surface area is 108 Å². The predicted octanol–water partition coefficient (Wildman–Crippen LogP) is 4.04. The van der Waals surface area contributed by atoms with Crippen molar-refractivity contribution in [3.8, 4) is 12.1 Å². The Kier molecular flexibility index (Phi) is 4.10. The van der Waals surface area contributed by atoms with Crippen LogP contribution >= 0.6 is 15.9 Å². The van der Waals surface area contributed by atoms with Crippen LogP contribution < -0.4 is 0 Å². The van der Waals surface area contributed by atoms with E-state index in [1.807, 2.05) is 0 Å². The van der Waals surface area contributed by atoms with Gasteiger partial charge in [0.25, 0.3) is 0 Å². The number of rotatable bonds is 1. The highest BCUT2D eigenvalue weighted by Crippen LogP contribution is 2.38. The third-order valence-electron chi connectivity index (χ3n) is 1.96. The maximum Gasteiger partial charge on any atom is 0.417 e. The van der Waals surface area contributed by atoms with Crippen LogP contribution in [0.2, 0.25) is 0 Å². The first-order valence-corrected chi connectivity index (χ1v) is 5.17. The average Bonchev–Trinajstić information content (AvgIpc) is 2.27. The highest BCUT2D eigenvalue weighted by molar-refractivity contribution is 9.10. The second-order valence-corrected chi connectivity index (χ2v) is 3.89. The van der Waals surface area contributed by atoms with Crippen molar-refractivity contribution in [1.29, 1.82) is 10.5 Å². The highest BCUT2D eigenvalue weighted by atomic mass is 79.9. The van der Waals surface area contributed by atoms with Gasteiger partial charge in [0.05, 0.1) is 5.56 Å². The minimum Gasteiger partial charge on any atom is -0.206 e. The molecule has 0 aliphatic carbocycles. The molecule has 92 valence electrons. The minimum absolute atomic E-state index is 0.483. The summed E-state index contributed by atoms with van der Waals surface area (Å²) in [5.74, 6) is -0.960. The van der Waals surface area contributed by atoms with Gasteiger partial charge < -0.3 is 0 Å². The van der Waals surface area contributed by atoms with Crippen LogP contribution in [0.15, 0.2) is 22.2 Å². The lowest BCUT2D eigenvalue weighted by Gasteiger charge is -2.11. The number of nitriles is 2. The summed E-state index contributed by atoms with van der Waals surface area (Å²) in [7, 11) is 0. The van der Waals surface area contributed by atoms with Gasteiger partial charge in [0.2, 0.25) is 0 Å². The molecule has 0 aliphatic rings. The molecule has 0 unspecified atom stereocenters. The first-order valence-electron chi connectivity index (χ1n) is 4.38. The number of allylic oxidation sites excluding steroid dienone is 1. The van der Waals surface area contributed by atoms with Gasteiger partial charge in [0.15, 0.2) is 0 Å². The second kappa shape index (κ2) is 5.19. The molecular formula is C11H3BrF4N2. The molecule has 7 heteroatoms. The van der Waals surface area contributed by atoms with Crippen molar-refractivity contribution >= 4 is 22.0 Å². The third kappa shape index (κ3) is 2.88. The zero-order chi connectivity index (χ0) is 13.9. The van der Waals surface area contributed by atoms with E-state index in [1.54, 1.807) is 0 Å². The summed E-state index contributed by atoms with van der Waals surface area (Å²) in [5.41, 5.74) is -2.05. The SMILES string of the molecule is N#CC(C#N)=Cc1c(F)ccc(C(F)(F)F)c1Br. The van der Waals surface area contributed by atoms with Crippen molar-refractivity contribution in [2.75, 3.05) is 0 Å². The van der Waals surface area contributed by atoms with Gasteiger partial charge in [-0.2, -0.15) is 23.7 Å². The monoisotopic (exact) mass is 318 g/mol. The number of halogens is 5. The molecule has 0 amide bonds. The van der Waals surface area contributed by atoms with Gasteiger partial charge in [-0.25, -0.2) is 4.39 Å². The first-order chi connectivity index (χ1) is 8.31. The van der Waals surface area contributed by atoms with E-state index in [2.05, 4.69) is 15.9 Å². The van der Waals surface area contributed by atoms with Crippen LogP contribution in [-0.4, -0.2) is 0 Å². The maximum absolute atomic E-state index is 13.4.